The number of hydrogen-bond donors (Lipinski definition) is 1. The molecule has 2 aliphatic rings. The number of carbonyl (C=O) groups excluding carboxylic acids is 1. The van der Waals surface area contributed by atoms with E-state index in [-0.39, 0.29) is 35.8 Å². The average molecular weight is 340 g/mol. The molecule has 1 aromatic rings. The van der Waals surface area contributed by atoms with E-state index in [1.807, 2.05) is 11.0 Å². The molecule has 0 spiro atoms. The van der Waals surface area contributed by atoms with Gasteiger partial charge in [0.25, 0.3) is 0 Å². The lowest BCUT2D eigenvalue weighted by Crippen LogP contribution is -2.43. The summed E-state index contributed by atoms with van der Waals surface area (Å²) in [5, 5.41) is 2.81. The minimum Gasteiger partial charge on any atom is -0.351 e. The van der Waals surface area contributed by atoms with Crippen LogP contribution in [-0.2, 0) is 21.2 Å². The van der Waals surface area contributed by atoms with E-state index < -0.39 is 9.84 Å². The van der Waals surface area contributed by atoms with E-state index in [0.29, 0.717) is 19.0 Å². The third-order valence-electron chi connectivity index (χ3n) is 4.28. The molecule has 1 aromatic carbocycles. The highest BCUT2D eigenvalue weighted by molar-refractivity contribution is 7.91. The monoisotopic (exact) mass is 340 g/mol. The summed E-state index contributed by atoms with van der Waals surface area (Å²) in [5.74, 6) is -0.256. The Morgan fingerprint density at radius 2 is 2.09 bits per heavy atom. The Labute approximate surface area is 135 Å². The zero-order chi connectivity index (χ0) is 16.4. The molecule has 1 saturated carbocycles. The molecular weight excluding hydrogens is 319 g/mol. The number of nitrogens with one attached hydrogen (secondary N) is 1. The molecule has 5 nitrogen and oxygen atoms in total. The van der Waals surface area contributed by atoms with E-state index in [9.17, 15) is 17.6 Å². The number of amides is 1. The van der Waals surface area contributed by atoms with Crippen molar-refractivity contribution in [2.45, 2.75) is 37.9 Å². The number of hydrogen-bond acceptors (Lipinski definition) is 4. The van der Waals surface area contributed by atoms with Gasteiger partial charge in [-0.3, -0.25) is 9.69 Å². The van der Waals surface area contributed by atoms with Crippen molar-refractivity contribution in [1.29, 1.82) is 0 Å². The Balaban J connectivity index is 1.56. The van der Waals surface area contributed by atoms with Gasteiger partial charge in [-0.15, -0.1) is 0 Å². The lowest BCUT2D eigenvalue weighted by atomic mass is 10.2. The molecule has 7 heteroatoms. The Bertz CT molecular complexity index is 688. The van der Waals surface area contributed by atoms with Crippen molar-refractivity contribution in [3.63, 3.8) is 0 Å². The van der Waals surface area contributed by atoms with Crippen LogP contribution in [0.15, 0.2) is 24.3 Å². The van der Waals surface area contributed by atoms with E-state index in [1.54, 1.807) is 6.07 Å². The summed E-state index contributed by atoms with van der Waals surface area (Å²) in [7, 11) is -3.00. The first-order valence-electron chi connectivity index (χ1n) is 7.89. The molecule has 1 N–H and O–H groups in total. The first-order valence-corrected chi connectivity index (χ1v) is 9.72. The van der Waals surface area contributed by atoms with Gasteiger partial charge in [0, 0.05) is 18.6 Å². The highest BCUT2D eigenvalue weighted by Crippen LogP contribution is 2.28. The van der Waals surface area contributed by atoms with Crippen molar-refractivity contribution in [2.24, 2.45) is 0 Å². The second kappa shape index (κ2) is 6.57. The van der Waals surface area contributed by atoms with Crippen LogP contribution < -0.4 is 5.32 Å². The standard InChI is InChI=1S/C16H21FN2O3S/c17-13-3-1-2-12(8-13)9-19(15-4-5-15)10-16(20)18-14-6-7-23(21,22)11-14/h1-3,8,14-15H,4-7,9-11H2,(H,18,20)/t14-/m1/s1. The first-order chi connectivity index (χ1) is 10.9. The molecule has 126 valence electrons. The maximum Gasteiger partial charge on any atom is 0.234 e. The van der Waals surface area contributed by atoms with Crippen molar-refractivity contribution in [1.82, 2.24) is 10.2 Å². The summed E-state index contributed by atoms with van der Waals surface area (Å²) in [4.78, 5) is 14.2. The fourth-order valence-corrected chi connectivity index (χ4v) is 4.66. The fourth-order valence-electron chi connectivity index (χ4n) is 2.99. The second-order valence-electron chi connectivity index (χ2n) is 6.43. The van der Waals surface area contributed by atoms with Gasteiger partial charge in [-0.1, -0.05) is 12.1 Å². The van der Waals surface area contributed by atoms with Crippen LogP contribution in [0.4, 0.5) is 4.39 Å². The molecule has 1 saturated heterocycles. The molecule has 3 rings (SSSR count). The van der Waals surface area contributed by atoms with Gasteiger partial charge < -0.3 is 5.32 Å². The molecule has 1 atom stereocenters. The topological polar surface area (TPSA) is 66.5 Å². The van der Waals surface area contributed by atoms with Crippen molar-refractivity contribution >= 4 is 15.7 Å². The van der Waals surface area contributed by atoms with E-state index in [0.717, 1.165) is 18.4 Å². The summed E-state index contributed by atoms with van der Waals surface area (Å²) in [6, 6.07) is 6.48. The largest absolute Gasteiger partial charge is 0.351 e. The average Bonchev–Trinajstić information content (AvgIpc) is 3.24. The predicted octanol–water partition coefficient (Wildman–Crippen LogP) is 1.09. The van der Waals surface area contributed by atoms with E-state index in [1.165, 1.54) is 12.1 Å². The van der Waals surface area contributed by atoms with Gasteiger partial charge in [-0.25, -0.2) is 12.8 Å². The third kappa shape index (κ3) is 4.75. The number of nitrogens with zero attached hydrogens (tertiary/aromatic N) is 1. The molecule has 23 heavy (non-hydrogen) atoms. The van der Waals surface area contributed by atoms with E-state index >= 15 is 0 Å². The summed E-state index contributed by atoms with van der Waals surface area (Å²) in [6.45, 7) is 0.747. The highest BCUT2D eigenvalue weighted by atomic mass is 32.2. The summed E-state index contributed by atoms with van der Waals surface area (Å²) >= 11 is 0. The van der Waals surface area contributed by atoms with Gasteiger partial charge in [0.2, 0.25) is 5.91 Å². The number of halogens is 1. The molecule has 0 radical (unpaired) electrons. The Kier molecular flexibility index (Phi) is 4.68. The van der Waals surface area contributed by atoms with Gasteiger partial charge >= 0.3 is 0 Å². The zero-order valence-corrected chi connectivity index (χ0v) is 13.7. The van der Waals surface area contributed by atoms with Gasteiger partial charge in [-0.05, 0) is 37.0 Å². The lowest BCUT2D eigenvalue weighted by Gasteiger charge is -2.22. The Hall–Kier alpha value is -1.47. The highest BCUT2D eigenvalue weighted by Gasteiger charge is 2.32. The van der Waals surface area contributed by atoms with Gasteiger partial charge in [0.15, 0.2) is 9.84 Å². The molecule has 2 fully saturated rings. The number of sulfone groups is 1. The number of benzene rings is 1. The normalized spacial score (nSPS) is 23.1. The molecule has 1 heterocycles. The molecule has 0 bridgehead atoms. The second-order valence-corrected chi connectivity index (χ2v) is 8.66. The number of rotatable bonds is 6. The quantitative estimate of drug-likeness (QED) is 0.842. The van der Waals surface area contributed by atoms with Crippen molar-refractivity contribution in [3.8, 4) is 0 Å². The van der Waals surface area contributed by atoms with Crippen molar-refractivity contribution < 1.29 is 17.6 Å². The van der Waals surface area contributed by atoms with E-state index in [2.05, 4.69) is 5.32 Å². The minimum atomic E-state index is -3.00. The molecule has 1 aliphatic carbocycles. The maximum atomic E-state index is 13.3. The number of carbonyl (C=O) groups is 1. The van der Waals surface area contributed by atoms with Gasteiger partial charge in [-0.2, -0.15) is 0 Å². The summed E-state index contributed by atoms with van der Waals surface area (Å²) < 4.78 is 36.2. The van der Waals surface area contributed by atoms with Crippen LogP contribution in [0.3, 0.4) is 0 Å². The summed E-state index contributed by atoms with van der Waals surface area (Å²) in [5.41, 5.74) is 0.841. The first kappa shape index (κ1) is 16.4. The van der Waals surface area contributed by atoms with Crippen LogP contribution in [0.1, 0.15) is 24.8 Å². The zero-order valence-electron chi connectivity index (χ0n) is 12.9. The van der Waals surface area contributed by atoms with Gasteiger partial charge in [0.1, 0.15) is 5.82 Å². The van der Waals surface area contributed by atoms with Crippen LogP contribution >= 0.6 is 0 Å². The van der Waals surface area contributed by atoms with E-state index in [4.69, 9.17) is 0 Å². The van der Waals surface area contributed by atoms with Crippen LogP contribution in [0.25, 0.3) is 0 Å². The van der Waals surface area contributed by atoms with Crippen molar-refractivity contribution in [2.75, 3.05) is 18.1 Å². The van der Waals surface area contributed by atoms with Crippen LogP contribution in [0, 0.1) is 5.82 Å². The third-order valence-corrected chi connectivity index (χ3v) is 6.05. The lowest BCUT2D eigenvalue weighted by molar-refractivity contribution is -0.123. The smallest absolute Gasteiger partial charge is 0.234 e. The Morgan fingerprint density at radius 1 is 1.30 bits per heavy atom. The summed E-state index contributed by atoms with van der Waals surface area (Å²) in [6.07, 6.45) is 2.57. The molecular formula is C16H21FN2O3S. The maximum absolute atomic E-state index is 13.3. The van der Waals surface area contributed by atoms with Gasteiger partial charge in [0.05, 0.1) is 18.1 Å². The molecule has 0 unspecified atom stereocenters. The van der Waals surface area contributed by atoms with Crippen LogP contribution in [0.2, 0.25) is 0 Å². The molecule has 1 aliphatic heterocycles. The molecule has 1 amide bonds. The predicted molar refractivity (Wildman–Crippen MR) is 85.0 cm³/mol. The molecule has 0 aromatic heterocycles. The van der Waals surface area contributed by atoms with Crippen LogP contribution in [-0.4, -0.2) is 49.4 Å². The van der Waals surface area contributed by atoms with Crippen molar-refractivity contribution in [3.05, 3.63) is 35.6 Å². The van der Waals surface area contributed by atoms with Crippen LogP contribution in [0.5, 0.6) is 0 Å². The minimum absolute atomic E-state index is 0.0338. The fraction of sp³-hybridized carbons (Fsp3) is 0.562. The Morgan fingerprint density at radius 3 is 2.70 bits per heavy atom. The SMILES string of the molecule is O=C(CN(Cc1cccc(F)c1)C1CC1)N[C@@H]1CCS(=O)(=O)C1.